The summed E-state index contributed by atoms with van der Waals surface area (Å²) < 4.78 is 30.2. The molecule has 1 heterocycles. The number of carboxylic acids is 1. The quantitative estimate of drug-likeness (QED) is 0.688. The first-order valence-electron chi connectivity index (χ1n) is 6.17. The Morgan fingerprint density at radius 3 is 2.44 bits per heavy atom. The van der Waals surface area contributed by atoms with Crippen molar-refractivity contribution >= 4 is 16.0 Å². The molecule has 0 aromatic heterocycles. The highest BCUT2D eigenvalue weighted by atomic mass is 32.2. The summed E-state index contributed by atoms with van der Waals surface area (Å²) in [4.78, 5) is 10.8. The minimum atomic E-state index is -3.23. The summed E-state index contributed by atoms with van der Waals surface area (Å²) >= 11 is 0. The number of carboxylic acid groups (broad SMARTS) is 1. The van der Waals surface area contributed by atoms with E-state index in [4.69, 9.17) is 9.84 Å². The molecule has 0 unspecified atom stereocenters. The molecule has 18 heavy (non-hydrogen) atoms. The third kappa shape index (κ3) is 4.55. The number of methoxy groups -OCH3 is 1. The lowest BCUT2D eigenvalue weighted by Crippen LogP contribution is -2.41. The Morgan fingerprint density at radius 2 is 1.94 bits per heavy atom. The first-order chi connectivity index (χ1) is 8.47. The van der Waals surface area contributed by atoms with Gasteiger partial charge in [-0.2, -0.15) is 0 Å². The molecule has 6 nitrogen and oxygen atoms in total. The van der Waals surface area contributed by atoms with Crippen LogP contribution in [0.1, 0.15) is 25.7 Å². The third-order valence-corrected chi connectivity index (χ3v) is 5.15. The van der Waals surface area contributed by atoms with Gasteiger partial charge in [-0.3, -0.25) is 4.79 Å². The minimum Gasteiger partial charge on any atom is -0.481 e. The lowest BCUT2D eigenvalue weighted by Gasteiger charge is -2.29. The van der Waals surface area contributed by atoms with Crippen LogP contribution in [0, 0.1) is 5.92 Å². The van der Waals surface area contributed by atoms with Crippen molar-refractivity contribution in [2.45, 2.75) is 25.7 Å². The zero-order valence-electron chi connectivity index (χ0n) is 10.7. The number of carbonyl (C=O) groups is 1. The van der Waals surface area contributed by atoms with Gasteiger partial charge < -0.3 is 9.84 Å². The minimum absolute atomic E-state index is 0.119. The molecule has 0 aromatic rings. The third-order valence-electron chi connectivity index (χ3n) is 3.20. The van der Waals surface area contributed by atoms with Gasteiger partial charge in [0.2, 0.25) is 10.0 Å². The summed E-state index contributed by atoms with van der Waals surface area (Å²) in [6.07, 6.45) is 2.12. The lowest BCUT2D eigenvalue weighted by molar-refractivity contribution is -0.142. The molecule has 0 amide bonds. The molecular weight excluding hydrogens is 258 g/mol. The Kier molecular flexibility index (Phi) is 6.04. The van der Waals surface area contributed by atoms with E-state index in [2.05, 4.69) is 0 Å². The van der Waals surface area contributed by atoms with Crippen LogP contribution in [0.15, 0.2) is 0 Å². The predicted molar refractivity (Wildman–Crippen MR) is 66.8 cm³/mol. The molecule has 0 aliphatic carbocycles. The second kappa shape index (κ2) is 7.06. The molecule has 106 valence electrons. The molecule has 7 heteroatoms. The van der Waals surface area contributed by atoms with Gasteiger partial charge in [-0.1, -0.05) is 0 Å². The van der Waals surface area contributed by atoms with Crippen LogP contribution in [0.2, 0.25) is 0 Å². The smallest absolute Gasteiger partial charge is 0.306 e. The molecule has 0 radical (unpaired) electrons. The first-order valence-corrected chi connectivity index (χ1v) is 7.78. The van der Waals surface area contributed by atoms with Gasteiger partial charge in [-0.25, -0.2) is 12.7 Å². The summed E-state index contributed by atoms with van der Waals surface area (Å²) in [5, 5.41) is 8.85. The summed E-state index contributed by atoms with van der Waals surface area (Å²) in [6, 6.07) is 0. The molecule has 1 fully saturated rings. The summed E-state index contributed by atoms with van der Waals surface area (Å²) in [6.45, 7) is 1.21. The van der Waals surface area contributed by atoms with Gasteiger partial charge >= 0.3 is 5.97 Å². The van der Waals surface area contributed by atoms with Crippen molar-refractivity contribution < 1.29 is 23.1 Å². The van der Waals surface area contributed by atoms with Crippen molar-refractivity contribution in [3.05, 3.63) is 0 Å². The molecule has 1 N–H and O–H groups in total. The summed E-state index contributed by atoms with van der Waals surface area (Å²) in [5.41, 5.74) is 0. The number of aliphatic carboxylic acids is 1. The van der Waals surface area contributed by atoms with Gasteiger partial charge in [0.1, 0.15) is 0 Å². The Bertz CT molecular complexity index is 360. The van der Waals surface area contributed by atoms with Gasteiger partial charge in [0.15, 0.2) is 0 Å². The number of ether oxygens (including phenoxy) is 1. The topological polar surface area (TPSA) is 83.9 Å². The highest BCUT2D eigenvalue weighted by Crippen LogP contribution is 2.20. The van der Waals surface area contributed by atoms with Gasteiger partial charge in [0.05, 0.1) is 11.7 Å². The van der Waals surface area contributed by atoms with E-state index in [1.54, 1.807) is 7.11 Å². The van der Waals surface area contributed by atoms with Gasteiger partial charge in [0, 0.05) is 26.8 Å². The Morgan fingerprint density at radius 1 is 1.33 bits per heavy atom. The molecule has 1 aliphatic rings. The maximum absolute atomic E-state index is 12.0. The van der Waals surface area contributed by atoms with Crippen LogP contribution in [0.3, 0.4) is 0 Å². The number of sulfonamides is 1. The van der Waals surface area contributed by atoms with Crippen LogP contribution in [-0.2, 0) is 19.6 Å². The standard InChI is InChI=1S/C11H21NO5S/c1-17-8-2-3-9-18(15,16)12-6-4-10(5-7-12)11(13)14/h10H,2-9H2,1H3,(H,13,14). The molecule has 0 bridgehead atoms. The Hall–Kier alpha value is -0.660. The van der Waals surface area contributed by atoms with Crippen molar-refractivity contribution in [3.8, 4) is 0 Å². The van der Waals surface area contributed by atoms with Crippen molar-refractivity contribution in [1.29, 1.82) is 0 Å². The van der Waals surface area contributed by atoms with Gasteiger partial charge in [-0.15, -0.1) is 0 Å². The molecule has 1 rings (SSSR count). The molecule has 0 atom stereocenters. The van der Waals surface area contributed by atoms with E-state index in [0.717, 1.165) is 6.42 Å². The number of hydrogen-bond acceptors (Lipinski definition) is 4. The summed E-state index contributed by atoms with van der Waals surface area (Å²) in [7, 11) is -1.64. The highest BCUT2D eigenvalue weighted by molar-refractivity contribution is 7.89. The van der Waals surface area contributed by atoms with Crippen LogP contribution < -0.4 is 0 Å². The van der Waals surface area contributed by atoms with E-state index in [9.17, 15) is 13.2 Å². The maximum atomic E-state index is 12.0. The zero-order chi connectivity index (χ0) is 13.6. The van der Waals surface area contributed by atoms with Crippen LogP contribution >= 0.6 is 0 Å². The zero-order valence-corrected chi connectivity index (χ0v) is 11.5. The van der Waals surface area contributed by atoms with Crippen LogP contribution in [-0.4, -0.2) is 56.4 Å². The maximum Gasteiger partial charge on any atom is 0.306 e. The molecule has 1 saturated heterocycles. The fraction of sp³-hybridized carbons (Fsp3) is 0.909. The number of hydrogen-bond donors (Lipinski definition) is 1. The van der Waals surface area contributed by atoms with E-state index in [0.29, 0.717) is 39.0 Å². The average Bonchev–Trinajstić information content (AvgIpc) is 2.35. The fourth-order valence-electron chi connectivity index (χ4n) is 2.04. The monoisotopic (exact) mass is 279 g/mol. The number of piperidine rings is 1. The van der Waals surface area contributed by atoms with Gasteiger partial charge in [0.25, 0.3) is 0 Å². The fourth-order valence-corrected chi connectivity index (χ4v) is 3.64. The highest BCUT2D eigenvalue weighted by Gasteiger charge is 2.30. The van der Waals surface area contributed by atoms with Crippen LogP contribution in [0.5, 0.6) is 0 Å². The Balaban J connectivity index is 2.38. The number of rotatable bonds is 7. The normalized spacial score (nSPS) is 18.9. The van der Waals surface area contributed by atoms with Crippen molar-refractivity contribution in [3.63, 3.8) is 0 Å². The van der Waals surface area contributed by atoms with Crippen molar-refractivity contribution in [2.24, 2.45) is 5.92 Å². The Labute approximate surface area is 108 Å². The molecular formula is C11H21NO5S. The van der Waals surface area contributed by atoms with Gasteiger partial charge in [-0.05, 0) is 25.7 Å². The first kappa shape index (κ1) is 15.4. The largest absolute Gasteiger partial charge is 0.481 e. The number of unbranched alkanes of at least 4 members (excludes halogenated alkanes) is 1. The van der Waals surface area contributed by atoms with Crippen LogP contribution in [0.25, 0.3) is 0 Å². The molecule has 0 saturated carbocycles. The van der Waals surface area contributed by atoms with E-state index < -0.39 is 21.9 Å². The SMILES string of the molecule is COCCCCS(=O)(=O)N1CCC(C(=O)O)CC1. The van der Waals surface area contributed by atoms with Crippen LogP contribution in [0.4, 0.5) is 0 Å². The second-order valence-electron chi connectivity index (χ2n) is 4.53. The van der Waals surface area contributed by atoms with E-state index >= 15 is 0 Å². The number of nitrogens with zero attached hydrogens (tertiary/aromatic N) is 1. The van der Waals surface area contributed by atoms with Crippen molar-refractivity contribution in [1.82, 2.24) is 4.31 Å². The molecule has 0 spiro atoms. The second-order valence-corrected chi connectivity index (χ2v) is 6.62. The van der Waals surface area contributed by atoms with E-state index in [-0.39, 0.29) is 5.75 Å². The van der Waals surface area contributed by atoms with E-state index in [1.807, 2.05) is 0 Å². The average molecular weight is 279 g/mol. The lowest BCUT2D eigenvalue weighted by atomic mass is 9.99. The predicted octanol–water partition coefficient (Wildman–Crippen LogP) is 0.539. The molecule has 1 aliphatic heterocycles. The van der Waals surface area contributed by atoms with Crippen molar-refractivity contribution in [2.75, 3.05) is 32.6 Å². The van der Waals surface area contributed by atoms with E-state index in [1.165, 1.54) is 4.31 Å². The summed E-state index contributed by atoms with van der Waals surface area (Å²) in [5.74, 6) is -1.11. The molecule has 0 aromatic carbocycles.